The quantitative estimate of drug-likeness (QED) is 0.702. The lowest BCUT2D eigenvalue weighted by Crippen LogP contribution is -2.33. The molecule has 0 bridgehead atoms. The molecule has 0 spiro atoms. The average Bonchev–Trinajstić information content (AvgIpc) is 2.74. The van der Waals surface area contributed by atoms with Crippen LogP contribution in [-0.2, 0) is 7.05 Å². The number of hydrogen-bond acceptors (Lipinski definition) is 3. The van der Waals surface area contributed by atoms with Crippen LogP contribution >= 0.6 is 0 Å². The molecule has 1 aromatic heterocycles. The second-order valence-corrected chi connectivity index (χ2v) is 4.35. The maximum Gasteiger partial charge on any atom is 0.178 e. The van der Waals surface area contributed by atoms with Crippen LogP contribution in [-0.4, -0.2) is 34.9 Å². The predicted octanol–water partition coefficient (Wildman–Crippen LogP) is 1.69. The normalized spacial score (nSPS) is 12.4. The van der Waals surface area contributed by atoms with E-state index in [1.54, 1.807) is 0 Å². The molecule has 0 saturated carbocycles. The first-order valence-corrected chi connectivity index (χ1v) is 5.84. The Kier molecular flexibility index (Phi) is 4.92. The monoisotopic (exact) mass is 233 g/mol. The Balaban J connectivity index is 2.57. The van der Waals surface area contributed by atoms with Crippen LogP contribution in [0.25, 0.3) is 0 Å². The number of likely N-dealkylation sites (N-methyl/N-ethyl adjacent to an activating group) is 1. The zero-order valence-corrected chi connectivity index (χ0v) is 10.7. The first-order chi connectivity index (χ1) is 8.06. The summed E-state index contributed by atoms with van der Waals surface area (Å²) in [6.45, 7) is 5.68. The van der Waals surface area contributed by atoms with E-state index < -0.39 is 0 Å². The van der Waals surface area contributed by atoms with E-state index in [4.69, 9.17) is 5.26 Å². The van der Waals surface area contributed by atoms with Gasteiger partial charge in [-0.1, -0.05) is 6.92 Å². The Morgan fingerprint density at radius 3 is 2.82 bits per heavy atom. The van der Waals surface area contributed by atoms with E-state index in [9.17, 15) is 4.79 Å². The Hall–Kier alpha value is -1.60. The number of aryl methyl sites for hydroxylation is 1. The minimum absolute atomic E-state index is 0.0430. The molecule has 92 valence electrons. The van der Waals surface area contributed by atoms with Gasteiger partial charge in [-0.05, 0) is 19.5 Å². The molecule has 0 fully saturated rings. The third-order valence-electron chi connectivity index (χ3n) is 2.72. The van der Waals surface area contributed by atoms with Crippen LogP contribution in [0.1, 0.15) is 24.2 Å². The van der Waals surface area contributed by atoms with Crippen molar-refractivity contribution in [2.24, 2.45) is 13.0 Å². The van der Waals surface area contributed by atoms with Crippen molar-refractivity contribution in [3.63, 3.8) is 0 Å². The van der Waals surface area contributed by atoms with Gasteiger partial charge in [-0.15, -0.1) is 0 Å². The fourth-order valence-corrected chi connectivity index (χ4v) is 1.70. The number of rotatable bonds is 6. The Morgan fingerprint density at radius 2 is 2.35 bits per heavy atom. The minimum atomic E-state index is -0.0430. The maximum atomic E-state index is 12.0. The Morgan fingerprint density at radius 1 is 1.65 bits per heavy atom. The molecule has 1 aromatic rings. The molecular weight excluding hydrogens is 214 g/mol. The van der Waals surface area contributed by atoms with Crippen LogP contribution in [0.4, 0.5) is 0 Å². The molecule has 0 aromatic carbocycles. The summed E-state index contributed by atoms with van der Waals surface area (Å²) < 4.78 is 1.86. The maximum absolute atomic E-state index is 12.0. The van der Waals surface area contributed by atoms with Crippen LogP contribution in [0.2, 0.25) is 0 Å². The SMILES string of the molecule is CCN(CC(=O)c1ccn(C)c1)CC(C)C#N. The second kappa shape index (κ2) is 6.21. The van der Waals surface area contributed by atoms with E-state index in [1.807, 2.05) is 48.8 Å². The van der Waals surface area contributed by atoms with Crippen LogP contribution in [0.3, 0.4) is 0 Å². The summed E-state index contributed by atoms with van der Waals surface area (Å²) in [5, 5.41) is 8.77. The molecule has 1 rings (SSSR count). The number of carbonyl (C=O) groups excluding carboxylic acids is 1. The average molecular weight is 233 g/mol. The molecule has 1 atom stereocenters. The van der Waals surface area contributed by atoms with Gasteiger partial charge in [0.2, 0.25) is 0 Å². The largest absolute Gasteiger partial charge is 0.357 e. The molecule has 1 heterocycles. The summed E-state index contributed by atoms with van der Waals surface area (Å²) in [6, 6.07) is 4.01. The van der Waals surface area contributed by atoms with E-state index in [1.165, 1.54) is 0 Å². The van der Waals surface area contributed by atoms with Gasteiger partial charge in [0.05, 0.1) is 18.5 Å². The Bertz CT molecular complexity index is 417. The lowest BCUT2D eigenvalue weighted by molar-refractivity contribution is 0.0929. The van der Waals surface area contributed by atoms with Crippen LogP contribution in [0.15, 0.2) is 18.5 Å². The zero-order chi connectivity index (χ0) is 12.8. The number of nitriles is 1. The van der Waals surface area contributed by atoms with Crippen molar-refractivity contribution in [3.8, 4) is 6.07 Å². The number of aromatic nitrogens is 1. The topological polar surface area (TPSA) is 49.0 Å². The van der Waals surface area contributed by atoms with Crippen molar-refractivity contribution in [1.82, 2.24) is 9.47 Å². The summed E-state index contributed by atoms with van der Waals surface area (Å²) in [5.41, 5.74) is 0.732. The van der Waals surface area contributed by atoms with Crippen LogP contribution < -0.4 is 0 Å². The summed E-state index contributed by atoms with van der Waals surface area (Å²) in [6.07, 6.45) is 3.69. The standard InChI is InChI=1S/C13H19N3O/c1-4-16(8-11(2)7-14)10-13(17)12-5-6-15(3)9-12/h5-6,9,11H,4,8,10H2,1-3H3. The molecule has 4 heteroatoms. The highest BCUT2D eigenvalue weighted by molar-refractivity contribution is 5.97. The van der Waals surface area contributed by atoms with Crippen molar-refractivity contribution >= 4 is 5.78 Å². The lowest BCUT2D eigenvalue weighted by Gasteiger charge is -2.20. The molecule has 0 saturated heterocycles. The van der Waals surface area contributed by atoms with Crippen molar-refractivity contribution in [2.75, 3.05) is 19.6 Å². The zero-order valence-electron chi connectivity index (χ0n) is 10.7. The van der Waals surface area contributed by atoms with Crippen molar-refractivity contribution < 1.29 is 4.79 Å². The first-order valence-electron chi connectivity index (χ1n) is 5.84. The molecule has 0 aliphatic heterocycles. The highest BCUT2D eigenvalue weighted by Gasteiger charge is 2.14. The van der Waals surface area contributed by atoms with E-state index in [0.29, 0.717) is 13.1 Å². The molecule has 0 aliphatic rings. The summed E-state index contributed by atoms with van der Waals surface area (Å²) >= 11 is 0. The molecular formula is C13H19N3O. The van der Waals surface area contributed by atoms with E-state index in [2.05, 4.69) is 6.07 Å². The van der Waals surface area contributed by atoms with Gasteiger partial charge in [0.25, 0.3) is 0 Å². The number of carbonyl (C=O) groups is 1. The number of nitrogens with zero attached hydrogens (tertiary/aromatic N) is 3. The number of ketones is 1. The van der Waals surface area contributed by atoms with Crippen molar-refractivity contribution in [3.05, 3.63) is 24.0 Å². The van der Waals surface area contributed by atoms with Gasteiger partial charge in [-0.2, -0.15) is 5.26 Å². The van der Waals surface area contributed by atoms with Gasteiger partial charge in [0, 0.05) is 31.5 Å². The smallest absolute Gasteiger partial charge is 0.178 e. The lowest BCUT2D eigenvalue weighted by atomic mass is 10.1. The predicted molar refractivity (Wildman–Crippen MR) is 66.6 cm³/mol. The van der Waals surface area contributed by atoms with Gasteiger partial charge in [0.1, 0.15) is 0 Å². The number of hydrogen-bond donors (Lipinski definition) is 0. The molecule has 1 unspecified atom stereocenters. The van der Waals surface area contributed by atoms with E-state index in [0.717, 1.165) is 12.1 Å². The highest BCUT2D eigenvalue weighted by atomic mass is 16.1. The van der Waals surface area contributed by atoms with Crippen molar-refractivity contribution in [2.45, 2.75) is 13.8 Å². The summed E-state index contributed by atoms with van der Waals surface area (Å²) in [7, 11) is 1.89. The fraction of sp³-hybridized carbons (Fsp3) is 0.538. The van der Waals surface area contributed by atoms with Gasteiger partial charge in [-0.3, -0.25) is 9.69 Å². The minimum Gasteiger partial charge on any atom is -0.357 e. The van der Waals surface area contributed by atoms with Gasteiger partial charge >= 0.3 is 0 Å². The molecule has 4 nitrogen and oxygen atoms in total. The van der Waals surface area contributed by atoms with Gasteiger partial charge in [0.15, 0.2) is 5.78 Å². The molecule has 0 amide bonds. The van der Waals surface area contributed by atoms with E-state index >= 15 is 0 Å². The molecule has 0 radical (unpaired) electrons. The third kappa shape index (κ3) is 4.04. The van der Waals surface area contributed by atoms with Crippen LogP contribution in [0.5, 0.6) is 0 Å². The van der Waals surface area contributed by atoms with Crippen LogP contribution in [0, 0.1) is 17.2 Å². The molecule has 0 N–H and O–H groups in total. The Labute approximate surface area is 102 Å². The first kappa shape index (κ1) is 13.5. The molecule has 17 heavy (non-hydrogen) atoms. The second-order valence-electron chi connectivity index (χ2n) is 4.35. The molecule has 0 aliphatic carbocycles. The highest BCUT2D eigenvalue weighted by Crippen LogP contribution is 2.04. The van der Waals surface area contributed by atoms with Crippen molar-refractivity contribution in [1.29, 1.82) is 5.26 Å². The number of Topliss-reactive ketones (excluding diaryl/α,β-unsaturated/α-hetero) is 1. The fourth-order valence-electron chi connectivity index (χ4n) is 1.70. The van der Waals surface area contributed by atoms with Gasteiger partial charge < -0.3 is 4.57 Å². The summed E-state index contributed by atoms with van der Waals surface area (Å²) in [5.74, 6) is 0.0658. The van der Waals surface area contributed by atoms with E-state index in [-0.39, 0.29) is 11.7 Å². The van der Waals surface area contributed by atoms with Gasteiger partial charge in [-0.25, -0.2) is 0 Å². The third-order valence-corrected chi connectivity index (χ3v) is 2.72. The summed E-state index contributed by atoms with van der Waals surface area (Å²) in [4.78, 5) is 14.0.